The van der Waals surface area contributed by atoms with Gasteiger partial charge in [0.25, 0.3) is 10.0 Å². The number of ether oxygens (including phenoxy) is 1. The molecule has 0 saturated heterocycles. The molecule has 0 radical (unpaired) electrons. The van der Waals surface area contributed by atoms with Crippen LogP contribution in [0.5, 0.6) is 5.75 Å². The van der Waals surface area contributed by atoms with Gasteiger partial charge < -0.3 is 4.74 Å². The standard InChI is InChI=1S/C22H23NO3S/c1-5-7-18-10-13-21-20(22(18)26-17(4)6-2)14-15-23(21)27(24,25)19-11-8-16(3)9-12-19/h5,7-15H,4,6H2,1-3H3. The van der Waals surface area contributed by atoms with Crippen LogP contribution in [0.2, 0.25) is 0 Å². The molecule has 0 atom stereocenters. The molecule has 0 saturated carbocycles. The number of hydrogen-bond acceptors (Lipinski definition) is 3. The molecule has 2 aromatic carbocycles. The highest BCUT2D eigenvalue weighted by atomic mass is 32.2. The highest BCUT2D eigenvalue weighted by Crippen LogP contribution is 2.34. The normalized spacial score (nSPS) is 12.0. The summed E-state index contributed by atoms with van der Waals surface area (Å²) in [6.07, 6.45) is 6.10. The lowest BCUT2D eigenvalue weighted by Gasteiger charge is -2.13. The molecule has 0 unspecified atom stereocenters. The van der Waals surface area contributed by atoms with Gasteiger partial charge in [-0.25, -0.2) is 12.4 Å². The first-order chi connectivity index (χ1) is 12.9. The van der Waals surface area contributed by atoms with Gasteiger partial charge in [-0.2, -0.15) is 0 Å². The third kappa shape index (κ3) is 3.55. The number of aromatic nitrogens is 1. The molecule has 140 valence electrons. The zero-order valence-electron chi connectivity index (χ0n) is 15.8. The van der Waals surface area contributed by atoms with Gasteiger partial charge in [0.1, 0.15) is 5.75 Å². The van der Waals surface area contributed by atoms with E-state index in [-0.39, 0.29) is 4.90 Å². The topological polar surface area (TPSA) is 48.3 Å². The van der Waals surface area contributed by atoms with Crippen molar-refractivity contribution in [1.29, 1.82) is 0 Å². The molecule has 0 bridgehead atoms. The number of rotatable bonds is 6. The van der Waals surface area contributed by atoms with Crippen molar-refractivity contribution in [1.82, 2.24) is 3.97 Å². The quantitative estimate of drug-likeness (QED) is 0.528. The molecule has 4 nitrogen and oxygen atoms in total. The van der Waals surface area contributed by atoms with Crippen molar-refractivity contribution in [2.45, 2.75) is 32.1 Å². The van der Waals surface area contributed by atoms with Gasteiger partial charge in [0.05, 0.1) is 16.2 Å². The minimum Gasteiger partial charge on any atom is -0.461 e. The molecule has 0 fully saturated rings. The molecular formula is C22H23NO3S. The molecule has 1 heterocycles. The van der Waals surface area contributed by atoms with E-state index in [1.165, 1.54) is 3.97 Å². The lowest BCUT2D eigenvalue weighted by Crippen LogP contribution is -2.11. The number of fused-ring (bicyclic) bond motifs is 1. The highest BCUT2D eigenvalue weighted by Gasteiger charge is 2.21. The molecule has 1 aromatic heterocycles. The molecule has 3 rings (SSSR count). The second kappa shape index (κ2) is 7.45. The third-order valence-electron chi connectivity index (χ3n) is 4.38. The molecular weight excluding hydrogens is 358 g/mol. The molecule has 0 spiro atoms. The Labute approximate surface area is 160 Å². The van der Waals surface area contributed by atoms with Gasteiger partial charge in [0, 0.05) is 23.6 Å². The number of nitrogens with zero attached hydrogens (tertiary/aromatic N) is 1. The summed E-state index contributed by atoms with van der Waals surface area (Å²) < 4.78 is 33.5. The minimum absolute atomic E-state index is 0.253. The van der Waals surface area contributed by atoms with Crippen LogP contribution in [0.3, 0.4) is 0 Å². The zero-order chi connectivity index (χ0) is 19.6. The fraction of sp³-hybridized carbons (Fsp3) is 0.182. The maximum Gasteiger partial charge on any atom is 0.268 e. The number of allylic oxidation sites excluding steroid dienone is 2. The van der Waals surface area contributed by atoms with Gasteiger partial charge in [-0.1, -0.05) is 43.4 Å². The number of aryl methyl sites for hydroxylation is 1. The van der Waals surface area contributed by atoms with E-state index in [4.69, 9.17) is 4.74 Å². The molecule has 3 aromatic rings. The van der Waals surface area contributed by atoms with Gasteiger partial charge in [0.15, 0.2) is 0 Å². The Kier molecular flexibility index (Phi) is 5.24. The summed E-state index contributed by atoms with van der Waals surface area (Å²) in [6, 6.07) is 12.3. The summed E-state index contributed by atoms with van der Waals surface area (Å²) >= 11 is 0. The largest absolute Gasteiger partial charge is 0.461 e. The van der Waals surface area contributed by atoms with E-state index in [0.29, 0.717) is 23.4 Å². The van der Waals surface area contributed by atoms with Crippen molar-refractivity contribution in [2.24, 2.45) is 0 Å². The molecule has 5 heteroatoms. The van der Waals surface area contributed by atoms with Crippen LogP contribution in [-0.4, -0.2) is 12.4 Å². The van der Waals surface area contributed by atoms with Crippen LogP contribution in [-0.2, 0) is 10.0 Å². The summed E-state index contributed by atoms with van der Waals surface area (Å²) in [5, 5.41) is 0.732. The van der Waals surface area contributed by atoms with Crippen LogP contribution >= 0.6 is 0 Å². The highest BCUT2D eigenvalue weighted by molar-refractivity contribution is 7.90. The average molecular weight is 381 g/mol. The Balaban J connectivity index is 2.21. The second-order valence-electron chi connectivity index (χ2n) is 6.34. The van der Waals surface area contributed by atoms with Gasteiger partial charge >= 0.3 is 0 Å². The van der Waals surface area contributed by atoms with E-state index >= 15 is 0 Å². The molecule has 27 heavy (non-hydrogen) atoms. The average Bonchev–Trinajstić information content (AvgIpc) is 3.09. The van der Waals surface area contributed by atoms with Gasteiger partial charge in [-0.05, 0) is 44.2 Å². The van der Waals surface area contributed by atoms with Crippen molar-refractivity contribution in [3.8, 4) is 5.75 Å². The van der Waals surface area contributed by atoms with Gasteiger partial charge in [0.2, 0.25) is 0 Å². The predicted molar refractivity (Wildman–Crippen MR) is 110 cm³/mol. The van der Waals surface area contributed by atoms with Crippen molar-refractivity contribution in [3.63, 3.8) is 0 Å². The Bertz CT molecular complexity index is 1120. The Hall–Kier alpha value is -2.79. The Morgan fingerprint density at radius 3 is 2.48 bits per heavy atom. The summed E-state index contributed by atoms with van der Waals surface area (Å²) in [5.41, 5.74) is 2.46. The van der Waals surface area contributed by atoms with Crippen LogP contribution in [0.1, 0.15) is 31.4 Å². The van der Waals surface area contributed by atoms with Gasteiger partial charge in [-0.15, -0.1) is 0 Å². The smallest absolute Gasteiger partial charge is 0.268 e. The molecule has 0 N–H and O–H groups in total. The summed E-state index contributed by atoms with van der Waals surface area (Å²) in [7, 11) is -3.69. The van der Waals surface area contributed by atoms with Crippen LogP contribution in [0.25, 0.3) is 17.0 Å². The van der Waals surface area contributed by atoms with E-state index in [1.807, 2.05) is 39.0 Å². The van der Waals surface area contributed by atoms with Crippen molar-refractivity contribution in [3.05, 3.63) is 78.2 Å². The monoisotopic (exact) mass is 381 g/mol. The lowest BCUT2D eigenvalue weighted by atomic mass is 10.1. The lowest BCUT2D eigenvalue weighted by molar-refractivity contribution is 0.416. The summed E-state index contributed by atoms with van der Waals surface area (Å²) in [4.78, 5) is 0.253. The first kappa shape index (κ1) is 19.0. The predicted octanol–water partition coefficient (Wildman–Crippen LogP) is 5.52. The van der Waals surface area contributed by atoms with Crippen molar-refractivity contribution >= 4 is 27.0 Å². The maximum absolute atomic E-state index is 13.1. The molecule has 0 amide bonds. The van der Waals surface area contributed by atoms with Crippen LogP contribution in [0.15, 0.2) is 72.0 Å². The maximum atomic E-state index is 13.1. The number of hydrogen-bond donors (Lipinski definition) is 0. The first-order valence-electron chi connectivity index (χ1n) is 8.83. The van der Waals surface area contributed by atoms with Crippen LogP contribution in [0.4, 0.5) is 0 Å². The first-order valence-corrected chi connectivity index (χ1v) is 10.3. The van der Waals surface area contributed by atoms with E-state index in [0.717, 1.165) is 16.5 Å². The number of benzene rings is 2. The third-order valence-corrected chi connectivity index (χ3v) is 6.09. The Morgan fingerprint density at radius 1 is 1.15 bits per heavy atom. The van der Waals surface area contributed by atoms with E-state index < -0.39 is 10.0 Å². The molecule has 0 aliphatic carbocycles. The molecule has 0 aliphatic rings. The molecule has 0 aliphatic heterocycles. The van der Waals surface area contributed by atoms with E-state index in [9.17, 15) is 8.42 Å². The van der Waals surface area contributed by atoms with Crippen LogP contribution in [0, 0.1) is 6.92 Å². The Morgan fingerprint density at radius 2 is 1.85 bits per heavy atom. The fourth-order valence-corrected chi connectivity index (χ4v) is 4.20. The van der Waals surface area contributed by atoms with Crippen molar-refractivity contribution < 1.29 is 13.2 Å². The second-order valence-corrected chi connectivity index (χ2v) is 8.16. The SMILES string of the molecule is C=C(CC)Oc1c(C=CC)ccc2c1ccn2S(=O)(=O)c1ccc(C)cc1. The fourth-order valence-electron chi connectivity index (χ4n) is 2.86. The summed E-state index contributed by atoms with van der Waals surface area (Å²) in [6.45, 7) is 9.73. The van der Waals surface area contributed by atoms with Crippen LogP contribution < -0.4 is 4.74 Å². The summed E-state index contributed by atoms with van der Waals surface area (Å²) in [5.74, 6) is 1.25. The van der Waals surface area contributed by atoms with E-state index in [1.54, 1.807) is 42.6 Å². The van der Waals surface area contributed by atoms with Gasteiger partial charge in [-0.3, -0.25) is 0 Å². The zero-order valence-corrected chi connectivity index (χ0v) is 16.6. The van der Waals surface area contributed by atoms with Crippen molar-refractivity contribution in [2.75, 3.05) is 0 Å². The minimum atomic E-state index is -3.69. The van der Waals surface area contributed by atoms with E-state index in [2.05, 4.69) is 6.58 Å².